The van der Waals surface area contributed by atoms with Crippen molar-refractivity contribution < 1.29 is 17.0 Å². The van der Waals surface area contributed by atoms with Gasteiger partial charge in [-0.25, -0.2) is 0 Å². The molecule has 4 heteroatoms. The molecule has 0 amide bonds. The fourth-order valence-electron chi connectivity index (χ4n) is 2.46. The summed E-state index contributed by atoms with van der Waals surface area (Å²) in [6.45, 7) is 6.60. The maximum absolute atomic E-state index is 4.89. The average Bonchev–Trinajstić information content (AvgIpc) is 2.60. The fraction of sp³-hybridized carbons (Fsp3) is 0.190. The molecule has 0 aliphatic carbocycles. The van der Waals surface area contributed by atoms with Gasteiger partial charge in [-0.3, -0.25) is 0 Å². The predicted octanol–water partition coefficient (Wildman–Crippen LogP) is 7.06. The number of hydrogen-bond acceptors (Lipinski definition) is 1. The standard InChI is InChI=1S/C21H20N.2ClH.Ti/c1-21(2,3)18-11-6-8-16(14-18)15-22-20-13-7-10-17-9-4-5-12-19(17)20;;;/h4-13,15H,1-3H3;2*1H;/q-1;;;+2/p-2. The minimum atomic E-state index is -0.556. The summed E-state index contributed by atoms with van der Waals surface area (Å²) in [4.78, 5) is 4.67. The van der Waals surface area contributed by atoms with Crippen molar-refractivity contribution in [3.8, 4) is 0 Å². The van der Waals surface area contributed by atoms with Crippen LogP contribution in [0.2, 0.25) is 0 Å². The number of nitrogens with zero attached hydrogens (tertiary/aromatic N) is 1. The molecular formula is C21H20Cl2NTi-. The summed E-state index contributed by atoms with van der Waals surface area (Å²) >= 11 is -0.556. The van der Waals surface area contributed by atoms with Crippen LogP contribution in [-0.2, 0) is 22.4 Å². The number of aliphatic imine (C=N–C) groups is 1. The van der Waals surface area contributed by atoms with Crippen LogP contribution in [0.4, 0.5) is 5.69 Å². The van der Waals surface area contributed by atoms with E-state index in [4.69, 9.17) is 18.6 Å². The zero-order valence-electron chi connectivity index (χ0n) is 14.6. The summed E-state index contributed by atoms with van der Waals surface area (Å²) in [6.07, 6.45) is 1.90. The predicted molar refractivity (Wildman–Crippen MR) is 107 cm³/mol. The molecule has 0 bridgehead atoms. The van der Waals surface area contributed by atoms with Gasteiger partial charge in [-0.05, 0) is 23.1 Å². The van der Waals surface area contributed by atoms with E-state index in [0.29, 0.717) is 0 Å². The van der Waals surface area contributed by atoms with Gasteiger partial charge < -0.3 is 4.99 Å². The number of hydrogen-bond donors (Lipinski definition) is 0. The van der Waals surface area contributed by atoms with Crippen molar-refractivity contribution in [2.75, 3.05) is 0 Å². The van der Waals surface area contributed by atoms with Gasteiger partial charge in [0.1, 0.15) is 0 Å². The van der Waals surface area contributed by atoms with Crippen molar-refractivity contribution in [1.29, 1.82) is 0 Å². The Balaban J connectivity index is 0.000000701. The van der Waals surface area contributed by atoms with Crippen LogP contribution in [0.15, 0.2) is 65.7 Å². The first-order valence-corrected chi connectivity index (χ1v) is 12.3. The Labute approximate surface area is 166 Å². The molecule has 25 heavy (non-hydrogen) atoms. The average molecular weight is 405 g/mol. The molecule has 0 heterocycles. The Morgan fingerprint density at radius 1 is 0.920 bits per heavy atom. The third kappa shape index (κ3) is 5.97. The Hall–Kier alpha value is -1.12. The first kappa shape index (κ1) is 20.2. The van der Waals surface area contributed by atoms with Gasteiger partial charge in [0.25, 0.3) is 0 Å². The van der Waals surface area contributed by atoms with E-state index >= 15 is 0 Å². The van der Waals surface area contributed by atoms with Crippen LogP contribution in [0.5, 0.6) is 0 Å². The van der Waals surface area contributed by atoms with Crippen LogP contribution in [0.3, 0.4) is 0 Å². The zero-order chi connectivity index (χ0) is 18.3. The van der Waals surface area contributed by atoms with E-state index in [0.717, 1.165) is 11.3 Å². The fourth-order valence-corrected chi connectivity index (χ4v) is 2.46. The van der Waals surface area contributed by atoms with Crippen molar-refractivity contribution in [1.82, 2.24) is 0 Å². The summed E-state index contributed by atoms with van der Waals surface area (Å²) in [5, 5.41) is 2.39. The summed E-state index contributed by atoms with van der Waals surface area (Å²) in [5.74, 6) is 0. The zero-order valence-corrected chi connectivity index (χ0v) is 17.6. The molecule has 3 aromatic rings. The van der Waals surface area contributed by atoms with Crippen molar-refractivity contribution in [2.45, 2.75) is 26.2 Å². The Kier molecular flexibility index (Phi) is 7.71. The molecule has 0 aliphatic heterocycles. The van der Waals surface area contributed by atoms with Crippen molar-refractivity contribution >= 4 is 41.3 Å². The second-order valence-electron chi connectivity index (χ2n) is 6.60. The van der Waals surface area contributed by atoms with E-state index in [1.54, 1.807) is 0 Å². The van der Waals surface area contributed by atoms with Gasteiger partial charge in [0.2, 0.25) is 0 Å². The molecule has 0 aliphatic rings. The van der Waals surface area contributed by atoms with Crippen LogP contribution in [0, 0.1) is 6.07 Å². The molecule has 0 unspecified atom stereocenters. The van der Waals surface area contributed by atoms with Crippen molar-refractivity contribution in [2.24, 2.45) is 4.99 Å². The van der Waals surface area contributed by atoms with Crippen LogP contribution in [0.1, 0.15) is 31.9 Å². The van der Waals surface area contributed by atoms with Crippen LogP contribution in [-0.4, -0.2) is 6.21 Å². The molecular weight excluding hydrogens is 385 g/mol. The number of rotatable bonds is 2. The molecule has 0 fully saturated rings. The third-order valence-corrected chi connectivity index (χ3v) is 3.74. The molecule has 0 saturated carbocycles. The van der Waals surface area contributed by atoms with E-state index in [9.17, 15) is 0 Å². The van der Waals surface area contributed by atoms with E-state index in [-0.39, 0.29) is 5.41 Å². The summed E-state index contributed by atoms with van der Waals surface area (Å²) in [7, 11) is 9.78. The molecule has 0 spiro atoms. The molecule has 0 radical (unpaired) electrons. The second kappa shape index (κ2) is 9.55. The first-order chi connectivity index (χ1) is 12.0. The normalized spacial score (nSPS) is 11.2. The molecule has 128 valence electrons. The van der Waals surface area contributed by atoms with Gasteiger partial charge in [0.05, 0.1) is 5.69 Å². The van der Waals surface area contributed by atoms with Gasteiger partial charge in [-0.15, -0.1) is 35.4 Å². The summed E-state index contributed by atoms with van der Waals surface area (Å²) in [6, 6.07) is 24.2. The molecule has 3 aromatic carbocycles. The second-order valence-corrected chi connectivity index (χ2v) is 9.18. The van der Waals surface area contributed by atoms with Crippen LogP contribution >= 0.6 is 18.6 Å². The quantitative estimate of drug-likeness (QED) is 0.246. The summed E-state index contributed by atoms with van der Waals surface area (Å²) in [5.41, 5.74) is 3.31. The molecule has 0 N–H and O–H groups in total. The number of fused-ring (bicyclic) bond motifs is 1. The van der Waals surface area contributed by atoms with Crippen molar-refractivity contribution in [3.05, 3.63) is 77.9 Å². The molecule has 0 saturated heterocycles. The maximum atomic E-state index is 4.89. The van der Waals surface area contributed by atoms with E-state index in [1.165, 1.54) is 16.3 Å². The van der Waals surface area contributed by atoms with Gasteiger partial charge in [0.15, 0.2) is 0 Å². The van der Waals surface area contributed by atoms with Crippen LogP contribution in [0.25, 0.3) is 10.8 Å². The molecule has 1 nitrogen and oxygen atoms in total. The van der Waals surface area contributed by atoms with E-state index < -0.39 is 17.0 Å². The monoisotopic (exact) mass is 404 g/mol. The van der Waals surface area contributed by atoms with E-state index in [2.05, 4.69) is 68.2 Å². The topological polar surface area (TPSA) is 12.4 Å². The Morgan fingerprint density at radius 2 is 1.56 bits per heavy atom. The van der Waals surface area contributed by atoms with Crippen molar-refractivity contribution in [3.63, 3.8) is 0 Å². The van der Waals surface area contributed by atoms with E-state index in [1.807, 2.05) is 30.5 Å². The SMILES string of the molecule is CC(C)(C)c1[c-]c(C=Nc2cccc3ccccc23)ccc1.[Cl][Ti][Cl]. The summed E-state index contributed by atoms with van der Waals surface area (Å²) < 4.78 is 0. The van der Waals surface area contributed by atoms with Gasteiger partial charge in [-0.2, -0.15) is 0 Å². The minimum absolute atomic E-state index is 0.100. The molecule has 0 atom stereocenters. The number of halogens is 2. The van der Waals surface area contributed by atoms with Gasteiger partial charge >= 0.3 is 35.6 Å². The third-order valence-electron chi connectivity index (χ3n) is 3.74. The molecule has 0 aromatic heterocycles. The Morgan fingerprint density at radius 3 is 2.28 bits per heavy atom. The van der Waals surface area contributed by atoms with Crippen LogP contribution < -0.4 is 0 Å². The molecule has 3 rings (SSSR count). The van der Waals surface area contributed by atoms with Gasteiger partial charge in [-0.1, -0.05) is 57.2 Å². The van der Waals surface area contributed by atoms with Gasteiger partial charge in [0, 0.05) is 5.39 Å². The Bertz CT molecular complexity index is 848. The number of benzene rings is 3. The first-order valence-electron chi connectivity index (χ1n) is 7.96.